The third kappa shape index (κ3) is 5.43. The number of ether oxygens (including phenoxy) is 1. The molecule has 5 nitrogen and oxygen atoms in total. The molecule has 0 aliphatic heterocycles. The van der Waals surface area contributed by atoms with Crippen molar-refractivity contribution >= 4 is 12.1 Å². The number of halogens is 1. The molecule has 2 aromatic carbocycles. The van der Waals surface area contributed by atoms with E-state index < -0.39 is 5.91 Å². The lowest BCUT2D eigenvalue weighted by Gasteiger charge is -2.13. The lowest BCUT2D eigenvalue weighted by atomic mass is 10.1. The summed E-state index contributed by atoms with van der Waals surface area (Å²) in [5.74, 6) is 0.0306. The molecule has 0 atom stereocenters. The Hall–Kier alpha value is -3.20. The van der Waals surface area contributed by atoms with Gasteiger partial charge in [-0.15, -0.1) is 0 Å². The van der Waals surface area contributed by atoms with Gasteiger partial charge in [-0.3, -0.25) is 4.79 Å². The van der Waals surface area contributed by atoms with Crippen molar-refractivity contribution in [2.75, 3.05) is 0 Å². The van der Waals surface area contributed by atoms with Crippen molar-refractivity contribution < 1.29 is 13.9 Å². The zero-order valence-corrected chi connectivity index (χ0v) is 14.0. The van der Waals surface area contributed by atoms with E-state index in [1.165, 1.54) is 18.3 Å². The van der Waals surface area contributed by atoms with E-state index in [1.54, 1.807) is 18.2 Å². The molecule has 25 heavy (non-hydrogen) atoms. The molecule has 0 spiro atoms. The molecule has 0 aliphatic rings. The van der Waals surface area contributed by atoms with E-state index >= 15 is 0 Å². The Kier molecular flexibility index (Phi) is 6.24. The van der Waals surface area contributed by atoms with Crippen LogP contribution in [0.2, 0.25) is 0 Å². The monoisotopic (exact) mass is 339 g/mol. The van der Waals surface area contributed by atoms with E-state index in [-0.39, 0.29) is 12.2 Å². The van der Waals surface area contributed by atoms with Gasteiger partial charge in [-0.25, -0.2) is 9.82 Å². The number of hydrogen-bond donors (Lipinski definition) is 1. The van der Waals surface area contributed by atoms with Crippen molar-refractivity contribution in [3.63, 3.8) is 0 Å². The minimum Gasteiger partial charge on any atom is -0.488 e. The van der Waals surface area contributed by atoms with E-state index in [4.69, 9.17) is 10.00 Å². The molecule has 6 heteroatoms. The molecule has 0 unspecified atom stereocenters. The number of nitrogens with zero attached hydrogens (tertiary/aromatic N) is 2. The summed E-state index contributed by atoms with van der Waals surface area (Å²) in [5, 5.41) is 12.2. The Morgan fingerprint density at radius 3 is 2.52 bits per heavy atom. The number of hydrogen-bond acceptors (Lipinski definition) is 4. The van der Waals surface area contributed by atoms with Crippen LogP contribution in [0.1, 0.15) is 28.7 Å². The van der Waals surface area contributed by atoms with Gasteiger partial charge in [0, 0.05) is 0 Å². The van der Waals surface area contributed by atoms with Gasteiger partial charge in [0.25, 0.3) is 5.91 Å². The van der Waals surface area contributed by atoms with Gasteiger partial charge in [-0.05, 0) is 60.4 Å². The van der Waals surface area contributed by atoms with E-state index in [9.17, 15) is 9.18 Å². The molecular weight excluding hydrogens is 321 g/mol. The summed E-state index contributed by atoms with van der Waals surface area (Å²) in [5.41, 5.74) is 5.82. The molecule has 2 aromatic rings. The maximum absolute atomic E-state index is 12.9. The summed E-state index contributed by atoms with van der Waals surface area (Å²) in [4.78, 5) is 11.2. The molecule has 0 heterocycles. The molecular formula is C19H18FN3O2. The molecule has 0 aliphatic carbocycles. The first kappa shape index (κ1) is 18.1. The van der Waals surface area contributed by atoms with Gasteiger partial charge >= 0.3 is 0 Å². The largest absolute Gasteiger partial charge is 0.488 e. The second-order valence-electron chi connectivity index (χ2n) is 5.53. The first-order valence-electron chi connectivity index (χ1n) is 7.67. The SMILES string of the molecule is Cc1cc(/C=N\NC(=O)CC#N)cc(C)c1OCc1ccc(F)cc1. The number of carbonyl (C=O) groups is 1. The standard InChI is InChI=1S/C19H18FN3O2/c1-13-9-16(11-22-23-18(24)7-8-21)10-14(2)19(13)25-12-15-3-5-17(20)6-4-15/h3-6,9-11H,7,12H2,1-2H3,(H,23,24)/b22-11-. The maximum atomic E-state index is 12.9. The maximum Gasteiger partial charge on any atom is 0.254 e. The van der Waals surface area contributed by atoms with E-state index in [0.29, 0.717) is 6.61 Å². The highest BCUT2D eigenvalue weighted by molar-refractivity contribution is 5.83. The lowest BCUT2D eigenvalue weighted by molar-refractivity contribution is -0.120. The predicted octanol–water partition coefficient (Wildman–Crippen LogP) is 3.39. The number of carbonyl (C=O) groups excluding carboxylic acids is 1. The Balaban J connectivity index is 2.04. The Morgan fingerprint density at radius 1 is 1.28 bits per heavy atom. The predicted molar refractivity (Wildman–Crippen MR) is 92.6 cm³/mol. The van der Waals surface area contributed by atoms with Crippen LogP contribution in [0.4, 0.5) is 4.39 Å². The Morgan fingerprint density at radius 2 is 1.92 bits per heavy atom. The minimum absolute atomic E-state index is 0.231. The molecule has 0 aromatic heterocycles. The molecule has 0 bridgehead atoms. The van der Waals surface area contributed by atoms with Crippen molar-refractivity contribution in [1.29, 1.82) is 5.26 Å². The normalized spacial score (nSPS) is 10.5. The van der Waals surface area contributed by atoms with Crippen LogP contribution in [-0.4, -0.2) is 12.1 Å². The average Bonchev–Trinajstić information content (AvgIpc) is 2.56. The highest BCUT2D eigenvalue weighted by Crippen LogP contribution is 2.25. The molecule has 1 amide bonds. The first-order chi connectivity index (χ1) is 12.0. The summed E-state index contributed by atoms with van der Waals surface area (Å²) in [6.07, 6.45) is 1.28. The second-order valence-corrected chi connectivity index (χ2v) is 5.53. The summed E-state index contributed by atoms with van der Waals surface area (Å²) < 4.78 is 18.8. The molecule has 0 saturated carbocycles. The van der Waals surface area contributed by atoms with Crippen molar-refractivity contribution in [3.05, 3.63) is 64.5 Å². The van der Waals surface area contributed by atoms with Crippen LogP contribution < -0.4 is 10.2 Å². The van der Waals surface area contributed by atoms with Crippen LogP contribution in [0, 0.1) is 31.0 Å². The number of hydrazone groups is 1. The zero-order valence-electron chi connectivity index (χ0n) is 14.0. The van der Waals surface area contributed by atoms with E-state index in [0.717, 1.165) is 28.0 Å². The third-order valence-corrected chi connectivity index (χ3v) is 3.42. The van der Waals surface area contributed by atoms with Gasteiger partial charge < -0.3 is 4.74 Å². The quantitative estimate of drug-likeness (QED) is 0.647. The van der Waals surface area contributed by atoms with Crippen molar-refractivity contribution in [3.8, 4) is 11.8 Å². The van der Waals surface area contributed by atoms with Gasteiger partial charge in [0.1, 0.15) is 24.6 Å². The fourth-order valence-electron chi connectivity index (χ4n) is 2.31. The fourth-order valence-corrected chi connectivity index (χ4v) is 2.31. The average molecular weight is 339 g/mol. The molecule has 1 N–H and O–H groups in total. The van der Waals surface area contributed by atoms with Gasteiger partial charge in [0.15, 0.2) is 0 Å². The lowest BCUT2D eigenvalue weighted by Crippen LogP contribution is -2.16. The summed E-state index contributed by atoms with van der Waals surface area (Å²) in [6.45, 7) is 4.18. The van der Waals surface area contributed by atoms with Crippen LogP contribution in [0.5, 0.6) is 5.75 Å². The molecule has 0 saturated heterocycles. The summed E-state index contributed by atoms with van der Waals surface area (Å²) in [7, 11) is 0. The molecule has 2 rings (SSSR count). The highest BCUT2D eigenvalue weighted by Gasteiger charge is 2.07. The highest BCUT2D eigenvalue weighted by atomic mass is 19.1. The number of nitrogens with one attached hydrogen (secondary N) is 1. The van der Waals surface area contributed by atoms with Gasteiger partial charge in [0.05, 0.1) is 12.3 Å². The topological polar surface area (TPSA) is 74.5 Å². The zero-order chi connectivity index (χ0) is 18.2. The second kappa shape index (κ2) is 8.60. The summed E-state index contributed by atoms with van der Waals surface area (Å²) in [6, 6.07) is 11.7. The Bertz CT molecular complexity index is 801. The van der Waals surface area contributed by atoms with E-state index in [2.05, 4.69) is 10.5 Å². The van der Waals surface area contributed by atoms with Gasteiger partial charge in [0.2, 0.25) is 0 Å². The minimum atomic E-state index is -0.452. The van der Waals surface area contributed by atoms with E-state index in [1.807, 2.05) is 26.0 Å². The van der Waals surface area contributed by atoms with Crippen molar-refractivity contribution in [2.24, 2.45) is 5.10 Å². The first-order valence-corrected chi connectivity index (χ1v) is 7.67. The number of rotatable bonds is 6. The van der Waals surface area contributed by atoms with Crippen molar-refractivity contribution in [2.45, 2.75) is 26.9 Å². The number of amides is 1. The number of nitriles is 1. The summed E-state index contributed by atoms with van der Waals surface area (Å²) >= 11 is 0. The fraction of sp³-hybridized carbons (Fsp3) is 0.211. The van der Waals surface area contributed by atoms with Gasteiger partial charge in [-0.2, -0.15) is 10.4 Å². The smallest absolute Gasteiger partial charge is 0.254 e. The van der Waals surface area contributed by atoms with Crippen molar-refractivity contribution in [1.82, 2.24) is 5.43 Å². The molecule has 0 radical (unpaired) electrons. The van der Waals surface area contributed by atoms with Gasteiger partial charge in [-0.1, -0.05) is 12.1 Å². The van der Waals surface area contributed by atoms with Crippen LogP contribution in [0.15, 0.2) is 41.5 Å². The van der Waals surface area contributed by atoms with Crippen LogP contribution in [0.25, 0.3) is 0 Å². The van der Waals surface area contributed by atoms with Crippen LogP contribution >= 0.6 is 0 Å². The van der Waals surface area contributed by atoms with Crippen LogP contribution in [0.3, 0.4) is 0 Å². The molecule has 128 valence electrons. The third-order valence-electron chi connectivity index (χ3n) is 3.42. The molecule has 0 fully saturated rings. The van der Waals surface area contributed by atoms with Crippen LogP contribution in [-0.2, 0) is 11.4 Å². The number of aryl methyl sites for hydroxylation is 2. The Labute approximate surface area is 145 Å². The number of benzene rings is 2.